The van der Waals surface area contributed by atoms with Gasteiger partial charge < -0.3 is 14.8 Å². The van der Waals surface area contributed by atoms with E-state index in [1.165, 1.54) is 31.2 Å². The van der Waals surface area contributed by atoms with E-state index in [9.17, 15) is 0 Å². The molecule has 116 valence electrons. The maximum atomic E-state index is 6.19. The van der Waals surface area contributed by atoms with Crippen LogP contribution in [0.3, 0.4) is 0 Å². The van der Waals surface area contributed by atoms with E-state index in [1.54, 1.807) is 0 Å². The second-order valence-electron chi connectivity index (χ2n) is 6.02. The molecule has 0 aliphatic heterocycles. The molecule has 0 aromatic heterocycles. The van der Waals surface area contributed by atoms with E-state index in [2.05, 4.69) is 33.4 Å². The molecule has 3 nitrogen and oxygen atoms in total. The summed E-state index contributed by atoms with van der Waals surface area (Å²) >= 11 is 3.67. The number of benzene rings is 1. The Morgan fingerprint density at radius 3 is 2.62 bits per heavy atom. The number of halogens is 1. The highest BCUT2D eigenvalue weighted by Crippen LogP contribution is 2.39. The Morgan fingerprint density at radius 2 is 1.95 bits per heavy atom. The maximum Gasteiger partial charge on any atom is 0.175 e. The van der Waals surface area contributed by atoms with E-state index >= 15 is 0 Å². The van der Waals surface area contributed by atoms with E-state index in [1.807, 2.05) is 6.92 Å². The Labute approximate surface area is 135 Å². The fraction of sp³-hybridized carbons (Fsp3) is 0.647. The lowest BCUT2D eigenvalue weighted by atomic mass is 10.2. The van der Waals surface area contributed by atoms with Crippen LogP contribution in [-0.4, -0.2) is 18.8 Å². The Bertz CT molecular complexity index is 482. The lowest BCUT2D eigenvalue weighted by Crippen LogP contribution is -2.16. The first-order chi connectivity index (χ1) is 10.3. The quantitative estimate of drug-likeness (QED) is 0.786. The molecule has 1 aromatic rings. The van der Waals surface area contributed by atoms with Gasteiger partial charge in [-0.3, -0.25) is 0 Å². The largest absolute Gasteiger partial charge is 0.490 e. The molecule has 0 atom stereocenters. The van der Waals surface area contributed by atoms with Crippen molar-refractivity contribution < 1.29 is 9.47 Å². The second kappa shape index (κ2) is 7.01. The van der Waals surface area contributed by atoms with Gasteiger partial charge >= 0.3 is 0 Å². The van der Waals surface area contributed by atoms with Crippen molar-refractivity contribution in [1.29, 1.82) is 0 Å². The zero-order chi connectivity index (χ0) is 14.7. The third kappa shape index (κ3) is 4.13. The molecule has 1 N–H and O–H groups in total. The average molecular weight is 354 g/mol. The molecular weight excluding hydrogens is 330 g/mol. The first-order valence-corrected chi connectivity index (χ1v) is 8.91. The monoisotopic (exact) mass is 353 g/mol. The standard InChI is InChI=1S/C17H24BrNO2/c1-2-20-16-10-12(11-19-13-7-8-13)9-15(18)17(16)21-14-5-3-4-6-14/h9-10,13-14,19H,2-8,11H2,1H3. The SMILES string of the molecule is CCOc1cc(CNC2CC2)cc(Br)c1OC1CCCC1. The molecular formula is C17H24BrNO2. The van der Waals surface area contributed by atoms with Crippen molar-refractivity contribution in [2.24, 2.45) is 0 Å². The van der Waals surface area contributed by atoms with Crippen LogP contribution < -0.4 is 14.8 Å². The van der Waals surface area contributed by atoms with Crippen molar-refractivity contribution in [2.75, 3.05) is 6.61 Å². The van der Waals surface area contributed by atoms with Gasteiger partial charge in [-0.2, -0.15) is 0 Å². The van der Waals surface area contributed by atoms with Gasteiger partial charge in [0.05, 0.1) is 17.2 Å². The van der Waals surface area contributed by atoms with Gasteiger partial charge in [-0.05, 0) is 79.1 Å². The molecule has 0 radical (unpaired) electrons. The minimum atomic E-state index is 0.343. The van der Waals surface area contributed by atoms with Gasteiger partial charge in [-0.25, -0.2) is 0 Å². The van der Waals surface area contributed by atoms with Crippen LogP contribution in [0.25, 0.3) is 0 Å². The lowest BCUT2D eigenvalue weighted by Gasteiger charge is -2.19. The molecule has 2 aliphatic rings. The van der Waals surface area contributed by atoms with Crippen molar-refractivity contribution in [3.63, 3.8) is 0 Å². The van der Waals surface area contributed by atoms with E-state index < -0.39 is 0 Å². The first kappa shape index (κ1) is 15.2. The minimum Gasteiger partial charge on any atom is -0.490 e. The first-order valence-electron chi connectivity index (χ1n) is 8.11. The number of hydrogen-bond acceptors (Lipinski definition) is 3. The Hall–Kier alpha value is -0.740. The summed E-state index contributed by atoms with van der Waals surface area (Å²) in [5.41, 5.74) is 1.25. The van der Waals surface area contributed by atoms with Gasteiger partial charge in [0.15, 0.2) is 11.5 Å². The highest BCUT2D eigenvalue weighted by molar-refractivity contribution is 9.10. The van der Waals surface area contributed by atoms with Gasteiger partial charge in [0, 0.05) is 12.6 Å². The van der Waals surface area contributed by atoms with Crippen LogP contribution in [0.4, 0.5) is 0 Å². The number of nitrogens with one attached hydrogen (secondary N) is 1. The fourth-order valence-electron chi connectivity index (χ4n) is 2.82. The molecule has 0 amide bonds. The van der Waals surface area contributed by atoms with Crippen LogP contribution in [0.1, 0.15) is 51.0 Å². The summed E-state index contributed by atoms with van der Waals surface area (Å²) in [4.78, 5) is 0. The van der Waals surface area contributed by atoms with E-state index in [-0.39, 0.29) is 0 Å². The molecule has 2 aliphatic carbocycles. The summed E-state index contributed by atoms with van der Waals surface area (Å²) < 4.78 is 13.0. The molecule has 2 saturated carbocycles. The maximum absolute atomic E-state index is 6.19. The highest BCUT2D eigenvalue weighted by Gasteiger charge is 2.22. The summed E-state index contributed by atoms with van der Waals surface area (Å²) in [6.45, 7) is 3.57. The topological polar surface area (TPSA) is 30.5 Å². The summed E-state index contributed by atoms with van der Waals surface area (Å²) in [5, 5.41) is 3.54. The van der Waals surface area contributed by atoms with Crippen molar-refractivity contribution >= 4 is 15.9 Å². The predicted molar refractivity (Wildman–Crippen MR) is 88.1 cm³/mol. The van der Waals surface area contributed by atoms with Gasteiger partial charge in [-0.15, -0.1) is 0 Å². The van der Waals surface area contributed by atoms with Gasteiger partial charge in [0.2, 0.25) is 0 Å². The van der Waals surface area contributed by atoms with Crippen molar-refractivity contribution in [1.82, 2.24) is 5.32 Å². The second-order valence-corrected chi connectivity index (χ2v) is 6.87. The number of hydrogen-bond donors (Lipinski definition) is 1. The van der Waals surface area contributed by atoms with Crippen LogP contribution in [0.2, 0.25) is 0 Å². The van der Waals surface area contributed by atoms with E-state index in [0.717, 1.165) is 35.4 Å². The molecule has 0 unspecified atom stereocenters. The van der Waals surface area contributed by atoms with Crippen LogP contribution in [0.15, 0.2) is 16.6 Å². The molecule has 0 heterocycles. The fourth-order valence-corrected chi connectivity index (χ4v) is 3.41. The summed E-state index contributed by atoms with van der Waals surface area (Å²) in [6, 6.07) is 4.99. The zero-order valence-electron chi connectivity index (χ0n) is 12.7. The zero-order valence-corrected chi connectivity index (χ0v) is 14.2. The molecule has 3 rings (SSSR count). The lowest BCUT2D eigenvalue weighted by molar-refractivity contribution is 0.195. The van der Waals surface area contributed by atoms with E-state index in [4.69, 9.17) is 9.47 Å². The average Bonchev–Trinajstić information content (AvgIpc) is 3.16. The van der Waals surface area contributed by atoms with Gasteiger partial charge in [0.25, 0.3) is 0 Å². The van der Waals surface area contributed by atoms with Crippen molar-refractivity contribution in [3.05, 3.63) is 22.2 Å². The summed E-state index contributed by atoms with van der Waals surface area (Å²) in [5.74, 6) is 1.74. The minimum absolute atomic E-state index is 0.343. The molecule has 21 heavy (non-hydrogen) atoms. The Morgan fingerprint density at radius 1 is 1.19 bits per heavy atom. The Balaban J connectivity index is 1.75. The summed E-state index contributed by atoms with van der Waals surface area (Å²) in [6.07, 6.45) is 7.82. The Kier molecular flexibility index (Phi) is 5.07. The molecule has 4 heteroatoms. The third-order valence-electron chi connectivity index (χ3n) is 4.13. The number of rotatable bonds is 7. The molecule has 0 bridgehead atoms. The van der Waals surface area contributed by atoms with Crippen molar-refractivity contribution in [3.8, 4) is 11.5 Å². The van der Waals surface area contributed by atoms with Crippen LogP contribution >= 0.6 is 15.9 Å². The van der Waals surface area contributed by atoms with Gasteiger partial charge in [0.1, 0.15) is 0 Å². The predicted octanol–water partition coefficient (Wildman–Crippen LogP) is 4.42. The normalized spacial score (nSPS) is 19.0. The van der Waals surface area contributed by atoms with Crippen LogP contribution in [0, 0.1) is 0 Å². The van der Waals surface area contributed by atoms with Crippen LogP contribution in [0.5, 0.6) is 11.5 Å². The molecule has 1 aromatic carbocycles. The molecule has 2 fully saturated rings. The highest BCUT2D eigenvalue weighted by atomic mass is 79.9. The third-order valence-corrected chi connectivity index (χ3v) is 4.72. The number of ether oxygens (including phenoxy) is 2. The smallest absolute Gasteiger partial charge is 0.175 e. The van der Waals surface area contributed by atoms with E-state index in [0.29, 0.717) is 18.8 Å². The van der Waals surface area contributed by atoms with Crippen LogP contribution in [-0.2, 0) is 6.54 Å². The van der Waals surface area contributed by atoms with Crippen molar-refractivity contribution in [2.45, 2.75) is 64.1 Å². The molecule has 0 spiro atoms. The van der Waals surface area contributed by atoms with Gasteiger partial charge in [-0.1, -0.05) is 0 Å². The molecule has 0 saturated heterocycles. The summed E-state index contributed by atoms with van der Waals surface area (Å²) in [7, 11) is 0.